The number of carbonyl (C=O) groups excluding carboxylic acids is 2. The molecule has 0 spiro atoms. The molecular weight excluding hydrogens is 322 g/mol. The van der Waals surface area contributed by atoms with Crippen LogP contribution in [0.2, 0.25) is 0 Å². The van der Waals surface area contributed by atoms with Crippen molar-refractivity contribution >= 4 is 11.9 Å². The summed E-state index contributed by atoms with van der Waals surface area (Å²) in [4.78, 5) is 23.8. The predicted octanol–water partition coefficient (Wildman–Crippen LogP) is 1.72. The first-order valence-electron chi connectivity index (χ1n) is 8.29. The first kappa shape index (κ1) is 16.9. The molecule has 0 atom stereocenters. The average molecular weight is 343 g/mol. The van der Waals surface area contributed by atoms with Crippen LogP contribution in [-0.2, 0) is 11.3 Å². The summed E-state index contributed by atoms with van der Waals surface area (Å²) >= 11 is 0. The van der Waals surface area contributed by atoms with Crippen LogP contribution in [0.3, 0.4) is 0 Å². The van der Waals surface area contributed by atoms with Gasteiger partial charge in [0.15, 0.2) is 0 Å². The molecule has 1 aliphatic rings. The molecule has 1 heterocycles. The Kier molecular flexibility index (Phi) is 5.27. The zero-order chi connectivity index (χ0) is 17.6. The number of urea groups is 1. The molecule has 1 aromatic carbocycles. The number of imide groups is 1. The summed E-state index contributed by atoms with van der Waals surface area (Å²) in [5, 5.41) is 13.1. The van der Waals surface area contributed by atoms with Gasteiger partial charge in [0.05, 0.1) is 13.3 Å². The van der Waals surface area contributed by atoms with E-state index in [0.717, 1.165) is 31.2 Å². The van der Waals surface area contributed by atoms with E-state index in [1.165, 1.54) is 4.68 Å². The summed E-state index contributed by atoms with van der Waals surface area (Å²) < 4.78 is 6.69. The van der Waals surface area contributed by atoms with Gasteiger partial charge in [0.1, 0.15) is 18.0 Å². The van der Waals surface area contributed by atoms with Gasteiger partial charge in [-0.2, -0.15) is 0 Å². The third kappa shape index (κ3) is 4.34. The van der Waals surface area contributed by atoms with Crippen LogP contribution in [-0.4, -0.2) is 40.1 Å². The molecule has 0 aliphatic heterocycles. The number of rotatable bonds is 5. The van der Waals surface area contributed by atoms with E-state index < -0.39 is 11.9 Å². The Morgan fingerprint density at radius 1 is 1.28 bits per heavy atom. The van der Waals surface area contributed by atoms with Crippen molar-refractivity contribution in [3.8, 4) is 17.0 Å². The SMILES string of the molecule is COc1ccccc1-c1cn(CC(=O)NC(=O)NC2CCCC2)nn1. The van der Waals surface area contributed by atoms with Crippen LogP contribution in [0.5, 0.6) is 5.75 Å². The highest BCUT2D eigenvalue weighted by Gasteiger charge is 2.18. The monoisotopic (exact) mass is 343 g/mol. The van der Waals surface area contributed by atoms with Gasteiger partial charge in [-0.3, -0.25) is 10.1 Å². The van der Waals surface area contributed by atoms with Crippen LogP contribution in [0.25, 0.3) is 11.3 Å². The van der Waals surface area contributed by atoms with Crippen molar-refractivity contribution in [2.45, 2.75) is 38.3 Å². The number of hydrogen-bond acceptors (Lipinski definition) is 5. The quantitative estimate of drug-likeness (QED) is 0.861. The molecule has 8 heteroatoms. The Morgan fingerprint density at radius 2 is 2.04 bits per heavy atom. The van der Waals surface area contributed by atoms with Gasteiger partial charge in [-0.1, -0.05) is 30.2 Å². The molecule has 0 unspecified atom stereocenters. The van der Waals surface area contributed by atoms with Crippen LogP contribution < -0.4 is 15.4 Å². The van der Waals surface area contributed by atoms with Crippen molar-refractivity contribution in [2.75, 3.05) is 7.11 Å². The molecule has 0 bridgehead atoms. The lowest BCUT2D eigenvalue weighted by Gasteiger charge is -2.12. The fourth-order valence-corrected chi connectivity index (χ4v) is 2.96. The van der Waals surface area contributed by atoms with Crippen molar-refractivity contribution in [1.29, 1.82) is 0 Å². The average Bonchev–Trinajstić information content (AvgIpc) is 3.26. The van der Waals surface area contributed by atoms with E-state index in [0.29, 0.717) is 11.4 Å². The molecule has 2 N–H and O–H groups in total. The van der Waals surface area contributed by atoms with Gasteiger partial charge in [-0.25, -0.2) is 9.48 Å². The van der Waals surface area contributed by atoms with Crippen LogP contribution in [0.1, 0.15) is 25.7 Å². The highest BCUT2D eigenvalue weighted by atomic mass is 16.5. The number of amides is 3. The number of aromatic nitrogens is 3. The van der Waals surface area contributed by atoms with Gasteiger partial charge >= 0.3 is 6.03 Å². The molecule has 0 saturated heterocycles. The molecule has 3 amide bonds. The molecule has 1 aliphatic carbocycles. The van der Waals surface area contributed by atoms with Gasteiger partial charge in [0, 0.05) is 11.6 Å². The van der Waals surface area contributed by atoms with Gasteiger partial charge in [-0.05, 0) is 25.0 Å². The van der Waals surface area contributed by atoms with Crippen molar-refractivity contribution in [2.24, 2.45) is 0 Å². The molecule has 1 fully saturated rings. The Bertz CT molecular complexity index is 752. The maximum absolute atomic E-state index is 12.0. The second-order valence-electron chi connectivity index (χ2n) is 6.00. The molecule has 8 nitrogen and oxygen atoms in total. The largest absolute Gasteiger partial charge is 0.496 e. The molecule has 1 saturated carbocycles. The standard InChI is InChI=1S/C17H21N5O3/c1-25-15-9-5-4-8-13(15)14-10-22(21-20-14)11-16(23)19-17(24)18-12-6-2-3-7-12/h4-5,8-10,12H,2-3,6-7,11H2,1H3,(H2,18,19,23,24). The lowest BCUT2D eigenvalue weighted by atomic mass is 10.1. The first-order chi connectivity index (χ1) is 12.2. The number of para-hydroxylation sites is 1. The Hall–Kier alpha value is -2.90. The van der Waals surface area contributed by atoms with Gasteiger partial charge in [0.2, 0.25) is 5.91 Å². The fraction of sp³-hybridized carbons (Fsp3) is 0.412. The third-order valence-corrected chi connectivity index (χ3v) is 4.17. The van der Waals surface area contributed by atoms with Crippen molar-refractivity contribution < 1.29 is 14.3 Å². The van der Waals surface area contributed by atoms with Crippen molar-refractivity contribution in [1.82, 2.24) is 25.6 Å². The number of methoxy groups -OCH3 is 1. The summed E-state index contributed by atoms with van der Waals surface area (Å²) in [6.07, 6.45) is 5.80. The number of ether oxygens (including phenoxy) is 1. The van der Waals surface area contributed by atoms with E-state index in [4.69, 9.17) is 4.74 Å². The molecule has 132 valence electrons. The Morgan fingerprint density at radius 3 is 2.80 bits per heavy atom. The summed E-state index contributed by atoms with van der Waals surface area (Å²) in [5.74, 6) is 0.238. The van der Waals surface area contributed by atoms with E-state index in [9.17, 15) is 9.59 Å². The van der Waals surface area contributed by atoms with Gasteiger partial charge in [-0.15, -0.1) is 5.10 Å². The maximum Gasteiger partial charge on any atom is 0.321 e. The highest BCUT2D eigenvalue weighted by molar-refractivity contribution is 5.94. The minimum absolute atomic E-state index is 0.0831. The molecule has 3 rings (SSSR count). The summed E-state index contributed by atoms with van der Waals surface area (Å²) in [6.45, 7) is -0.0831. The Balaban J connectivity index is 1.57. The van der Waals surface area contributed by atoms with Crippen LogP contribution in [0.15, 0.2) is 30.5 Å². The highest BCUT2D eigenvalue weighted by Crippen LogP contribution is 2.27. The number of nitrogens with one attached hydrogen (secondary N) is 2. The summed E-state index contributed by atoms with van der Waals surface area (Å²) in [7, 11) is 1.58. The molecular formula is C17H21N5O3. The van der Waals surface area contributed by atoms with Gasteiger partial charge in [0.25, 0.3) is 0 Å². The van der Waals surface area contributed by atoms with Gasteiger partial charge < -0.3 is 10.1 Å². The lowest BCUT2D eigenvalue weighted by Crippen LogP contribution is -2.44. The normalized spacial score (nSPS) is 14.3. The predicted molar refractivity (Wildman–Crippen MR) is 90.9 cm³/mol. The van der Waals surface area contributed by atoms with Crippen LogP contribution in [0, 0.1) is 0 Å². The van der Waals surface area contributed by atoms with Crippen molar-refractivity contribution in [3.63, 3.8) is 0 Å². The van der Waals surface area contributed by atoms with E-state index in [1.807, 2.05) is 24.3 Å². The minimum Gasteiger partial charge on any atom is -0.496 e. The zero-order valence-electron chi connectivity index (χ0n) is 14.1. The number of hydrogen-bond donors (Lipinski definition) is 2. The van der Waals surface area contributed by atoms with Crippen molar-refractivity contribution in [3.05, 3.63) is 30.5 Å². The second-order valence-corrected chi connectivity index (χ2v) is 6.00. The summed E-state index contributed by atoms with van der Waals surface area (Å²) in [5.41, 5.74) is 1.39. The van der Waals surface area contributed by atoms with Crippen LogP contribution >= 0.6 is 0 Å². The van der Waals surface area contributed by atoms with E-state index in [2.05, 4.69) is 20.9 Å². The van der Waals surface area contributed by atoms with E-state index in [-0.39, 0.29) is 12.6 Å². The molecule has 1 aromatic heterocycles. The molecule has 2 aromatic rings. The third-order valence-electron chi connectivity index (χ3n) is 4.17. The maximum atomic E-state index is 12.0. The summed E-state index contributed by atoms with van der Waals surface area (Å²) in [6, 6.07) is 7.13. The van der Waals surface area contributed by atoms with E-state index >= 15 is 0 Å². The topological polar surface area (TPSA) is 98.1 Å². The smallest absolute Gasteiger partial charge is 0.321 e. The lowest BCUT2D eigenvalue weighted by molar-refractivity contribution is -0.120. The zero-order valence-corrected chi connectivity index (χ0v) is 14.1. The van der Waals surface area contributed by atoms with Crippen LogP contribution in [0.4, 0.5) is 4.79 Å². The molecule has 0 radical (unpaired) electrons. The number of nitrogens with zero attached hydrogens (tertiary/aromatic N) is 3. The molecule has 25 heavy (non-hydrogen) atoms. The number of benzene rings is 1. The second kappa shape index (κ2) is 7.78. The number of carbonyl (C=O) groups is 2. The Labute approximate surface area is 145 Å². The first-order valence-corrected chi connectivity index (χ1v) is 8.29. The van der Waals surface area contributed by atoms with E-state index in [1.54, 1.807) is 13.3 Å². The fourth-order valence-electron chi connectivity index (χ4n) is 2.96. The minimum atomic E-state index is -0.457.